The number of aromatic nitrogens is 6. The van der Waals surface area contributed by atoms with Crippen molar-refractivity contribution in [2.75, 3.05) is 5.32 Å². The molecule has 5 rings (SSSR count). The molecule has 0 unspecified atom stereocenters. The molecule has 1 aromatic carbocycles. The second-order valence-electron chi connectivity index (χ2n) is 10.3. The number of hydrogen-bond donors (Lipinski definition) is 3. The molecule has 37 heavy (non-hydrogen) atoms. The van der Waals surface area contributed by atoms with E-state index < -0.39 is 12.0 Å². The molecule has 1 amide bonds. The van der Waals surface area contributed by atoms with Gasteiger partial charge in [0.15, 0.2) is 0 Å². The van der Waals surface area contributed by atoms with Gasteiger partial charge in [0.2, 0.25) is 11.8 Å². The molecule has 3 aromatic heterocycles. The number of rotatable bonds is 5. The van der Waals surface area contributed by atoms with Crippen molar-refractivity contribution in [3.63, 3.8) is 0 Å². The lowest BCUT2D eigenvalue weighted by molar-refractivity contribution is 0.0890. The summed E-state index contributed by atoms with van der Waals surface area (Å²) >= 11 is 0. The van der Waals surface area contributed by atoms with E-state index in [-0.39, 0.29) is 17.3 Å². The number of fused-ring (bicyclic) bond motifs is 1. The van der Waals surface area contributed by atoms with Crippen LogP contribution in [0.5, 0.6) is 0 Å². The van der Waals surface area contributed by atoms with Gasteiger partial charge in [0.25, 0.3) is 0 Å². The van der Waals surface area contributed by atoms with Crippen LogP contribution in [0.25, 0.3) is 11.3 Å². The van der Waals surface area contributed by atoms with E-state index in [1.165, 1.54) is 0 Å². The van der Waals surface area contributed by atoms with Crippen molar-refractivity contribution in [2.24, 2.45) is 7.05 Å². The first-order chi connectivity index (χ1) is 17.7. The fourth-order valence-electron chi connectivity index (χ4n) is 4.33. The summed E-state index contributed by atoms with van der Waals surface area (Å²) in [6, 6.07) is 7.51. The number of carbonyl (C=O) groups excluding carboxylic acids is 1. The van der Waals surface area contributed by atoms with Crippen molar-refractivity contribution in [2.45, 2.75) is 57.6 Å². The van der Waals surface area contributed by atoms with Crippen LogP contribution in [0.4, 0.5) is 11.6 Å². The number of aliphatic hydroxyl groups excluding tert-OH is 1. The van der Waals surface area contributed by atoms with Gasteiger partial charge in [-0.15, -0.1) is 10.2 Å². The molecule has 192 valence electrons. The number of carbonyl (C=O) groups is 1. The van der Waals surface area contributed by atoms with Crippen LogP contribution in [-0.4, -0.2) is 47.1 Å². The Labute approximate surface area is 214 Å². The third kappa shape index (κ3) is 5.51. The number of benzene rings is 1. The molecule has 0 fully saturated rings. The highest BCUT2D eigenvalue weighted by Crippen LogP contribution is 2.32. The number of nitrogens with one attached hydrogen (secondary N) is 2. The number of nitrogens with zero attached hydrogens (tertiary/aromatic N) is 6. The van der Waals surface area contributed by atoms with Crippen LogP contribution >= 0.6 is 0 Å². The van der Waals surface area contributed by atoms with Crippen LogP contribution in [0.15, 0.2) is 47.3 Å². The Morgan fingerprint density at radius 1 is 1.19 bits per heavy atom. The highest BCUT2D eigenvalue weighted by Gasteiger charge is 2.28. The maximum absolute atomic E-state index is 12.9. The normalized spacial score (nSPS) is 17.6. The Morgan fingerprint density at radius 2 is 2.03 bits per heavy atom. The summed E-state index contributed by atoms with van der Waals surface area (Å²) in [5.41, 5.74) is 3.97. The minimum Gasteiger partial charge on any atom is -0.416 e. The maximum Gasteiger partial charge on any atom is 0.309 e. The molecule has 3 heterocycles. The molecule has 0 radical (unpaired) electrons. The topological polar surface area (TPSA) is 144 Å². The zero-order valence-corrected chi connectivity index (χ0v) is 21.3. The van der Waals surface area contributed by atoms with Crippen molar-refractivity contribution in [3.05, 3.63) is 65.8 Å². The smallest absolute Gasteiger partial charge is 0.309 e. The Balaban J connectivity index is 1.39. The van der Waals surface area contributed by atoms with Gasteiger partial charge in [-0.1, -0.05) is 32.9 Å². The lowest BCUT2D eigenvalue weighted by Crippen LogP contribution is -2.29. The van der Waals surface area contributed by atoms with Gasteiger partial charge in [0.1, 0.15) is 0 Å². The zero-order valence-electron chi connectivity index (χ0n) is 21.3. The van der Waals surface area contributed by atoms with Gasteiger partial charge in [0.05, 0.1) is 29.7 Å². The van der Waals surface area contributed by atoms with Crippen LogP contribution < -0.4 is 10.6 Å². The van der Waals surface area contributed by atoms with Crippen molar-refractivity contribution in [1.29, 1.82) is 0 Å². The average molecular weight is 503 g/mol. The number of aliphatic hydroxyl groups is 1. The first-order valence-corrected chi connectivity index (χ1v) is 12.2. The van der Waals surface area contributed by atoms with Crippen molar-refractivity contribution < 1.29 is 14.3 Å². The number of hydrogen-bond acceptors (Lipinski definition) is 9. The molecule has 0 bridgehead atoms. The molecule has 3 N–H and O–H groups in total. The number of amides is 1. The minimum atomic E-state index is -0.514. The highest BCUT2D eigenvalue weighted by atomic mass is 16.4. The van der Waals surface area contributed by atoms with Gasteiger partial charge < -0.3 is 20.2 Å². The monoisotopic (exact) mass is 502 g/mol. The van der Waals surface area contributed by atoms with E-state index in [1.54, 1.807) is 17.1 Å². The molecule has 1 aliphatic carbocycles. The van der Waals surface area contributed by atoms with E-state index in [4.69, 9.17) is 4.42 Å². The summed E-state index contributed by atoms with van der Waals surface area (Å²) in [6.07, 6.45) is 6.35. The summed E-state index contributed by atoms with van der Waals surface area (Å²) in [4.78, 5) is 21.9. The van der Waals surface area contributed by atoms with Crippen LogP contribution in [-0.2, 0) is 18.9 Å². The van der Waals surface area contributed by atoms with Crippen LogP contribution in [0.3, 0.4) is 0 Å². The molecule has 2 atom stereocenters. The van der Waals surface area contributed by atoms with Crippen LogP contribution in [0.1, 0.15) is 67.4 Å². The van der Waals surface area contributed by atoms with Gasteiger partial charge in [-0.25, -0.2) is 9.97 Å². The fourth-order valence-corrected chi connectivity index (χ4v) is 4.33. The lowest BCUT2D eigenvalue weighted by Gasteiger charge is -2.19. The number of anilines is 2. The summed E-state index contributed by atoms with van der Waals surface area (Å²) in [5.74, 6) is 0.366. The fraction of sp³-hybridized carbons (Fsp3) is 0.385. The second-order valence-corrected chi connectivity index (χ2v) is 10.3. The average Bonchev–Trinajstić information content (AvgIpc) is 3.48. The Morgan fingerprint density at radius 3 is 2.76 bits per heavy atom. The molecule has 11 heteroatoms. The largest absolute Gasteiger partial charge is 0.416 e. The molecule has 1 aliphatic rings. The molecule has 11 nitrogen and oxygen atoms in total. The zero-order chi connectivity index (χ0) is 26.2. The maximum atomic E-state index is 12.9. The van der Waals surface area contributed by atoms with Gasteiger partial charge in [-0.05, 0) is 42.5 Å². The van der Waals surface area contributed by atoms with E-state index in [1.807, 2.05) is 58.3 Å². The summed E-state index contributed by atoms with van der Waals surface area (Å²) < 4.78 is 7.31. The van der Waals surface area contributed by atoms with E-state index in [2.05, 4.69) is 35.9 Å². The first-order valence-electron chi connectivity index (χ1n) is 12.2. The molecule has 0 spiro atoms. The predicted molar refractivity (Wildman–Crippen MR) is 136 cm³/mol. The van der Waals surface area contributed by atoms with Crippen molar-refractivity contribution in [1.82, 2.24) is 35.3 Å². The van der Waals surface area contributed by atoms with Gasteiger partial charge in [-0.3, -0.25) is 9.48 Å². The molecule has 4 aromatic rings. The number of aryl methyl sites for hydroxylation is 1. The SMILES string of the molecule is Cn1cc(Nc2nccc(-c3ccc4c(c3)C[C@@H](O)CC[C@@H]4NC(=O)c3nnc(C(C)(C)C)o3)n2)cn1. The quantitative estimate of drug-likeness (QED) is 0.349. The summed E-state index contributed by atoms with van der Waals surface area (Å²) in [7, 11) is 1.84. The predicted octanol–water partition coefficient (Wildman–Crippen LogP) is 3.47. The summed E-state index contributed by atoms with van der Waals surface area (Å²) in [6.45, 7) is 5.83. The summed E-state index contributed by atoms with van der Waals surface area (Å²) in [5, 5.41) is 28.9. The third-order valence-electron chi connectivity index (χ3n) is 6.24. The minimum absolute atomic E-state index is 0.0671. The molecular weight excluding hydrogens is 472 g/mol. The second kappa shape index (κ2) is 9.74. The van der Waals surface area contributed by atoms with Gasteiger partial charge in [0, 0.05) is 30.4 Å². The van der Waals surface area contributed by atoms with Crippen molar-refractivity contribution >= 4 is 17.5 Å². The van der Waals surface area contributed by atoms with Crippen LogP contribution in [0, 0.1) is 0 Å². The van der Waals surface area contributed by atoms with Gasteiger partial charge in [-0.2, -0.15) is 5.10 Å². The van der Waals surface area contributed by atoms with E-state index in [9.17, 15) is 9.90 Å². The standard InChI is InChI=1S/C26H30N8O3/c1-26(2,3)24-33-32-23(37-24)22(36)30-21-8-6-18(35)12-16-11-15(5-7-19(16)21)20-9-10-27-25(31-20)29-17-13-28-34(4)14-17/h5,7,9-11,13-14,18,21,35H,6,8,12H2,1-4H3,(H,30,36)(H,27,29,31)/t18-,21-/m0/s1. The highest BCUT2D eigenvalue weighted by molar-refractivity contribution is 5.89. The first kappa shape index (κ1) is 24.6. The molecule has 0 aliphatic heterocycles. The third-order valence-corrected chi connectivity index (χ3v) is 6.24. The van der Waals surface area contributed by atoms with E-state index in [0.717, 1.165) is 28.1 Å². The Hall–Kier alpha value is -4.12. The Bertz CT molecular complexity index is 1420. The molecule has 0 saturated heterocycles. The van der Waals surface area contributed by atoms with Crippen LogP contribution in [0.2, 0.25) is 0 Å². The lowest BCUT2D eigenvalue weighted by atomic mass is 9.95. The molecule has 0 saturated carbocycles. The van der Waals surface area contributed by atoms with Gasteiger partial charge >= 0.3 is 11.8 Å². The van der Waals surface area contributed by atoms with E-state index >= 15 is 0 Å². The Kier molecular flexibility index (Phi) is 6.46. The molecular formula is C26H30N8O3. The van der Waals surface area contributed by atoms with Crippen molar-refractivity contribution in [3.8, 4) is 11.3 Å². The van der Waals surface area contributed by atoms with E-state index in [0.29, 0.717) is 31.1 Å².